The van der Waals surface area contributed by atoms with Gasteiger partial charge in [-0.3, -0.25) is 9.59 Å². The van der Waals surface area contributed by atoms with Crippen LogP contribution in [-0.2, 0) is 28.4 Å². The molecular weight excluding hydrogens is 547 g/mol. The van der Waals surface area contributed by atoms with Crippen molar-refractivity contribution in [3.05, 3.63) is 22.3 Å². The van der Waals surface area contributed by atoms with Crippen molar-refractivity contribution in [1.82, 2.24) is 16.1 Å². The number of carbonyl (C=O) groups is 3. The molecule has 14 nitrogen and oxygen atoms in total. The lowest BCUT2D eigenvalue weighted by molar-refractivity contribution is -0.525. The predicted molar refractivity (Wildman–Crippen MR) is 155 cm³/mol. The molecule has 1 aliphatic heterocycles. The summed E-state index contributed by atoms with van der Waals surface area (Å²) in [6.07, 6.45) is 4.98. The lowest BCUT2D eigenvalue weighted by atomic mass is 9.43. The summed E-state index contributed by atoms with van der Waals surface area (Å²) >= 11 is 0. The van der Waals surface area contributed by atoms with E-state index in [2.05, 4.69) is 36.4 Å². The van der Waals surface area contributed by atoms with E-state index in [4.69, 9.17) is 19.8 Å². The van der Waals surface area contributed by atoms with E-state index in [1.54, 1.807) is 12.3 Å². The lowest BCUT2D eigenvalue weighted by Crippen LogP contribution is -2.65. The molecule has 5 N–H and O–H groups in total. The summed E-state index contributed by atoms with van der Waals surface area (Å²) in [5.74, 6) is -1.45. The minimum absolute atomic E-state index is 0.0505. The number of rotatable bonds is 14. The number of carbonyl (C=O) groups excluding carboxylic acids is 3. The van der Waals surface area contributed by atoms with Gasteiger partial charge in [-0.25, -0.2) is 19.9 Å². The summed E-state index contributed by atoms with van der Waals surface area (Å²) in [6.45, 7) is 12.7. The maximum absolute atomic E-state index is 13.6. The van der Waals surface area contributed by atoms with E-state index in [9.17, 15) is 24.5 Å². The van der Waals surface area contributed by atoms with Gasteiger partial charge < -0.3 is 30.4 Å². The standard InChI is InChI=1S/C27H45BN6O8/c1-7-40-23(36)11-10-22(35)31-18(9-8-12-30-25(29)33-34(38)39)24(37)32-21(13-16(2)3)28-41-20-15-17-14-19(26(17,4)5)27(20,6)42-28/h10-11,16-21H,7-9,12-15H2,1-6H3,(H,31,35)(H,32,37)(H3,29,30,33)/b11-10+/t17-,18+,19-,20-,21+,27+/m1/s1. The summed E-state index contributed by atoms with van der Waals surface area (Å²) in [5, 5.41) is 15.4. The second kappa shape index (κ2) is 13.9. The molecule has 2 bridgehead atoms. The van der Waals surface area contributed by atoms with E-state index in [-0.39, 0.29) is 49.4 Å². The molecule has 3 aliphatic carbocycles. The molecule has 15 heteroatoms. The van der Waals surface area contributed by atoms with Crippen molar-refractivity contribution in [3.8, 4) is 0 Å². The minimum atomic E-state index is -0.995. The van der Waals surface area contributed by atoms with Gasteiger partial charge in [-0.1, -0.05) is 33.1 Å². The SMILES string of the molecule is CCOC(=O)/C=C/C(=O)N[C@@H](CCCN=C(N)N[N+](=O)[O-])C(=O)N[C@@H](CC(C)C)B1O[C@@H]2C[C@H]3C[C@H](C3(C)C)[C@]2(C)O1. The van der Waals surface area contributed by atoms with Gasteiger partial charge in [0.2, 0.25) is 11.8 Å². The molecule has 0 spiro atoms. The van der Waals surface area contributed by atoms with Crippen LogP contribution in [0.2, 0.25) is 0 Å². The van der Waals surface area contributed by atoms with Gasteiger partial charge in [0.25, 0.3) is 5.96 Å². The number of hydrogen-bond acceptors (Lipinski definition) is 9. The molecule has 42 heavy (non-hydrogen) atoms. The van der Waals surface area contributed by atoms with Crippen molar-refractivity contribution in [2.45, 2.75) is 97.3 Å². The Labute approximate surface area is 247 Å². The summed E-state index contributed by atoms with van der Waals surface area (Å²) < 4.78 is 17.9. The smallest absolute Gasteiger partial charge is 0.463 e. The number of amides is 2. The van der Waals surface area contributed by atoms with Crippen LogP contribution in [0, 0.1) is 33.3 Å². The molecule has 0 aromatic heterocycles. The molecule has 2 amide bonds. The van der Waals surface area contributed by atoms with E-state index in [1.807, 2.05) is 13.8 Å². The van der Waals surface area contributed by atoms with Crippen LogP contribution in [-0.4, -0.2) is 72.7 Å². The van der Waals surface area contributed by atoms with E-state index < -0.39 is 47.5 Å². The number of nitrogens with one attached hydrogen (secondary N) is 3. The first-order chi connectivity index (χ1) is 19.7. The average molecular weight is 593 g/mol. The highest BCUT2D eigenvalue weighted by Crippen LogP contribution is 2.65. The number of nitro groups is 1. The fourth-order valence-corrected chi connectivity index (χ4v) is 6.55. The molecule has 4 fully saturated rings. The van der Waals surface area contributed by atoms with E-state index >= 15 is 0 Å². The Bertz CT molecular complexity index is 1080. The zero-order chi connectivity index (χ0) is 31.2. The summed E-state index contributed by atoms with van der Waals surface area (Å²) in [7, 11) is -0.640. The van der Waals surface area contributed by atoms with Crippen LogP contribution >= 0.6 is 0 Å². The van der Waals surface area contributed by atoms with E-state index in [0.29, 0.717) is 18.3 Å². The van der Waals surface area contributed by atoms with Gasteiger partial charge in [-0.15, -0.1) is 0 Å². The Kier molecular flexibility index (Phi) is 11.0. The number of nitrogens with two attached hydrogens (primary N) is 1. The predicted octanol–water partition coefficient (Wildman–Crippen LogP) is 1.27. The third kappa shape index (κ3) is 8.00. The van der Waals surface area contributed by atoms with Gasteiger partial charge in [0.15, 0.2) is 5.03 Å². The van der Waals surface area contributed by atoms with E-state index in [1.165, 1.54) is 0 Å². The van der Waals surface area contributed by atoms with Gasteiger partial charge in [-0.05, 0) is 69.1 Å². The van der Waals surface area contributed by atoms with E-state index in [0.717, 1.165) is 25.0 Å². The fourth-order valence-electron chi connectivity index (χ4n) is 6.55. The van der Waals surface area contributed by atoms with Gasteiger partial charge >= 0.3 is 13.1 Å². The number of nitrogens with zero attached hydrogens (tertiary/aromatic N) is 2. The molecule has 0 aromatic rings. The first-order valence-electron chi connectivity index (χ1n) is 14.7. The van der Waals surface area contributed by atoms with Gasteiger partial charge in [-0.2, -0.15) is 0 Å². The van der Waals surface area contributed by atoms with Crippen molar-refractivity contribution in [3.63, 3.8) is 0 Å². The molecule has 1 saturated heterocycles. The largest absolute Gasteiger partial charge is 0.481 e. The lowest BCUT2D eigenvalue weighted by Gasteiger charge is -2.64. The van der Waals surface area contributed by atoms with Gasteiger partial charge in [0, 0.05) is 18.7 Å². The van der Waals surface area contributed by atoms with Crippen molar-refractivity contribution in [2.24, 2.45) is 33.9 Å². The maximum atomic E-state index is 13.6. The molecule has 3 saturated carbocycles. The number of hydrogen-bond donors (Lipinski definition) is 4. The minimum Gasteiger partial charge on any atom is -0.463 e. The van der Waals surface area contributed by atoms with Crippen molar-refractivity contribution < 1.29 is 33.5 Å². The highest BCUT2D eigenvalue weighted by molar-refractivity contribution is 6.48. The third-order valence-corrected chi connectivity index (χ3v) is 8.78. The number of hydrazine groups is 1. The van der Waals surface area contributed by atoms with Crippen LogP contribution in [0.5, 0.6) is 0 Å². The van der Waals surface area contributed by atoms with Crippen molar-refractivity contribution in [1.29, 1.82) is 0 Å². The van der Waals surface area contributed by atoms with Crippen LogP contribution in [0.4, 0.5) is 0 Å². The zero-order valence-electron chi connectivity index (χ0n) is 25.4. The molecule has 4 rings (SSSR count). The molecular formula is C27H45BN6O8. The second-order valence-corrected chi connectivity index (χ2v) is 12.5. The Balaban J connectivity index is 1.71. The van der Waals surface area contributed by atoms with Crippen LogP contribution in [0.1, 0.15) is 73.6 Å². The van der Waals surface area contributed by atoms with Crippen molar-refractivity contribution in [2.75, 3.05) is 13.2 Å². The van der Waals surface area contributed by atoms with Crippen LogP contribution in [0.25, 0.3) is 0 Å². The normalized spacial score (nSPS) is 27.5. The highest BCUT2D eigenvalue weighted by atomic mass is 16.7. The average Bonchev–Trinajstić information content (AvgIpc) is 3.25. The first-order valence-corrected chi connectivity index (χ1v) is 14.7. The topological polar surface area (TPSA) is 197 Å². The third-order valence-electron chi connectivity index (χ3n) is 8.78. The molecule has 6 atom stereocenters. The zero-order valence-corrected chi connectivity index (χ0v) is 25.4. The van der Waals surface area contributed by atoms with Crippen LogP contribution < -0.4 is 21.8 Å². The van der Waals surface area contributed by atoms with Gasteiger partial charge in [0.1, 0.15) is 6.04 Å². The molecule has 0 unspecified atom stereocenters. The fraction of sp³-hybridized carbons (Fsp3) is 0.778. The maximum Gasteiger partial charge on any atom is 0.481 e. The van der Waals surface area contributed by atoms with Gasteiger partial charge in [0.05, 0.1) is 24.3 Å². The Morgan fingerprint density at radius 3 is 2.55 bits per heavy atom. The number of esters is 1. The van der Waals surface area contributed by atoms with Crippen LogP contribution in [0.15, 0.2) is 17.1 Å². The summed E-state index contributed by atoms with van der Waals surface area (Å²) in [4.78, 5) is 52.2. The first kappa shape index (κ1) is 33.3. The monoisotopic (exact) mass is 592 g/mol. The Hall–Kier alpha value is -3.20. The number of guanidine groups is 1. The van der Waals surface area contributed by atoms with Crippen molar-refractivity contribution >= 4 is 30.9 Å². The highest BCUT2D eigenvalue weighted by Gasteiger charge is 2.68. The Morgan fingerprint density at radius 2 is 1.93 bits per heavy atom. The Morgan fingerprint density at radius 1 is 1.21 bits per heavy atom. The van der Waals surface area contributed by atoms with Crippen LogP contribution in [0.3, 0.4) is 0 Å². The molecule has 0 aromatic carbocycles. The summed E-state index contributed by atoms with van der Waals surface area (Å²) in [5.41, 5.74) is 6.95. The summed E-state index contributed by atoms with van der Waals surface area (Å²) in [6, 6.07) is -0.995. The molecule has 1 heterocycles. The molecule has 0 radical (unpaired) electrons. The molecule has 234 valence electrons. The second-order valence-electron chi connectivity index (χ2n) is 12.5. The quantitative estimate of drug-likeness (QED) is 0.0333. The number of aliphatic imine (C=N–C) groups is 1. The number of ether oxygens (including phenoxy) is 1. The molecule has 4 aliphatic rings.